The van der Waals surface area contributed by atoms with E-state index >= 15 is 0 Å². The molecule has 2 aromatic heterocycles. The molecular weight excluding hydrogens is 361 g/mol. The molecule has 0 radical (unpaired) electrons. The van der Waals surface area contributed by atoms with Gasteiger partial charge in [-0.15, -0.1) is 5.10 Å². The van der Waals surface area contributed by atoms with Gasteiger partial charge in [0.05, 0.1) is 24.9 Å². The van der Waals surface area contributed by atoms with Crippen LogP contribution in [0, 0.1) is 0 Å². The Balaban J connectivity index is 2.06. The van der Waals surface area contributed by atoms with E-state index in [4.69, 9.17) is 25.3 Å². The lowest BCUT2D eigenvalue weighted by Gasteiger charge is -2.24. The molecule has 26 heavy (non-hydrogen) atoms. The normalized spacial score (nSPS) is 13.8. The first kappa shape index (κ1) is 20.5. The minimum atomic E-state index is -3.37. The van der Waals surface area contributed by atoms with Gasteiger partial charge in [0, 0.05) is 0 Å². The Morgan fingerprint density at radius 3 is 2.27 bits per heavy atom. The van der Waals surface area contributed by atoms with Crippen LogP contribution in [0.15, 0.2) is 0 Å². The van der Waals surface area contributed by atoms with E-state index in [0.29, 0.717) is 17.7 Å². The monoisotopic (exact) mass is 387 g/mol. The predicted octanol–water partition coefficient (Wildman–Crippen LogP) is 1.79. The number of nitrogen functional groups attached to an aromatic ring is 2. The second-order valence-corrected chi connectivity index (χ2v) is 8.34. The molecule has 0 aliphatic heterocycles. The Morgan fingerprint density at radius 2 is 1.69 bits per heavy atom. The molecule has 0 aliphatic rings. The van der Waals surface area contributed by atoms with E-state index in [1.165, 1.54) is 4.68 Å². The summed E-state index contributed by atoms with van der Waals surface area (Å²) in [6.07, 6.45) is -1.03. The van der Waals surface area contributed by atoms with Crippen molar-refractivity contribution in [2.75, 3.05) is 17.8 Å². The van der Waals surface area contributed by atoms with Gasteiger partial charge in [0.25, 0.3) is 0 Å². The van der Waals surface area contributed by atoms with Crippen LogP contribution < -0.4 is 11.5 Å². The SMILES string of the molecule is CC(C)OP(=O)(CO[C@H](C)Cn1nnc2c(N)nc(N)nc21)OC(C)C. The molecule has 12 heteroatoms. The number of ether oxygens (including phenoxy) is 1. The van der Waals surface area contributed by atoms with Crippen molar-refractivity contribution in [2.24, 2.45) is 0 Å². The lowest BCUT2D eigenvalue weighted by Crippen LogP contribution is -2.20. The van der Waals surface area contributed by atoms with Crippen LogP contribution in [0.1, 0.15) is 34.6 Å². The van der Waals surface area contributed by atoms with Gasteiger partial charge in [0.2, 0.25) is 5.95 Å². The third-order valence-electron chi connectivity index (χ3n) is 3.10. The summed E-state index contributed by atoms with van der Waals surface area (Å²) in [6, 6.07) is 0. The molecule has 146 valence electrons. The summed E-state index contributed by atoms with van der Waals surface area (Å²) in [5.41, 5.74) is 12.2. The maximum absolute atomic E-state index is 12.8. The van der Waals surface area contributed by atoms with Gasteiger partial charge in [-0.05, 0) is 34.6 Å². The minimum absolute atomic E-state index is 0.0345. The Kier molecular flexibility index (Phi) is 6.51. The minimum Gasteiger partial charge on any atom is -0.382 e. The number of fused-ring (bicyclic) bond motifs is 1. The molecular formula is C14H26N7O4P. The number of aromatic nitrogens is 5. The molecule has 4 N–H and O–H groups in total. The summed E-state index contributed by atoms with van der Waals surface area (Å²) in [5.74, 6) is 0.194. The van der Waals surface area contributed by atoms with Gasteiger partial charge in [-0.1, -0.05) is 5.21 Å². The van der Waals surface area contributed by atoms with Crippen LogP contribution in [0.3, 0.4) is 0 Å². The van der Waals surface area contributed by atoms with Crippen LogP contribution in [0.25, 0.3) is 11.2 Å². The molecule has 0 amide bonds. The van der Waals surface area contributed by atoms with Crippen molar-refractivity contribution in [3.63, 3.8) is 0 Å². The van der Waals surface area contributed by atoms with Crippen LogP contribution in [0.5, 0.6) is 0 Å². The molecule has 0 unspecified atom stereocenters. The van der Waals surface area contributed by atoms with Crippen LogP contribution in [-0.2, 0) is 24.9 Å². The molecule has 0 fully saturated rings. The molecule has 2 rings (SSSR count). The Morgan fingerprint density at radius 1 is 1.08 bits per heavy atom. The second-order valence-electron chi connectivity index (χ2n) is 6.44. The second kappa shape index (κ2) is 8.26. The van der Waals surface area contributed by atoms with E-state index in [0.717, 1.165) is 0 Å². The van der Waals surface area contributed by atoms with Crippen LogP contribution in [0.2, 0.25) is 0 Å². The first-order chi connectivity index (χ1) is 12.1. The van der Waals surface area contributed by atoms with Crippen molar-refractivity contribution >= 4 is 30.5 Å². The highest BCUT2D eigenvalue weighted by Crippen LogP contribution is 2.50. The highest BCUT2D eigenvalue weighted by atomic mass is 31.2. The van der Waals surface area contributed by atoms with Crippen molar-refractivity contribution in [1.29, 1.82) is 0 Å². The molecule has 2 aromatic rings. The quantitative estimate of drug-likeness (QED) is 0.609. The third kappa shape index (κ3) is 5.34. The fraction of sp³-hybridized carbons (Fsp3) is 0.714. The average molecular weight is 387 g/mol. The molecule has 0 saturated carbocycles. The number of nitrogens with zero attached hydrogens (tertiary/aromatic N) is 5. The zero-order valence-corrected chi connectivity index (χ0v) is 16.5. The van der Waals surface area contributed by atoms with Crippen molar-refractivity contribution in [2.45, 2.75) is 59.5 Å². The van der Waals surface area contributed by atoms with Gasteiger partial charge in [0.15, 0.2) is 17.0 Å². The van der Waals surface area contributed by atoms with Crippen molar-refractivity contribution < 1.29 is 18.3 Å². The summed E-state index contributed by atoms with van der Waals surface area (Å²) in [4.78, 5) is 7.95. The largest absolute Gasteiger partial charge is 0.382 e. The van der Waals surface area contributed by atoms with Gasteiger partial charge >= 0.3 is 7.60 Å². The van der Waals surface area contributed by atoms with Crippen molar-refractivity contribution in [3.8, 4) is 0 Å². The first-order valence-corrected chi connectivity index (χ1v) is 10.0. The fourth-order valence-electron chi connectivity index (χ4n) is 2.26. The number of rotatable bonds is 9. The van der Waals surface area contributed by atoms with Gasteiger partial charge in [0.1, 0.15) is 6.35 Å². The number of anilines is 2. The molecule has 11 nitrogen and oxygen atoms in total. The summed E-state index contributed by atoms with van der Waals surface area (Å²) in [5, 5.41) is 7.94. The van der Waals surface area contributed by atoms with E-state index in [1.54, 1.807) is 34.6 Å². The van der Waals surface area contributed by atoms with Gasteiger partial charge < -0.3 is 25.3 Å². The summed E-state index contributed by atoms with van der Waals surface area (Å²) >= 11 is 0. The predicted molar refractivity (Wildman–Crippen MR) is 97.4 cm³/mol. The van der Waals surface area contributed by atoms with Crippen molar-refractivity contribution in [1.82, 2.24) is 25.0 Å². The number of hydrogen-bond acceptors (Lipinski definition) is 10. The van der Waals surface area contributed by atoms with E-state index in [9.17, 15) is 4.57 Å². The van der Waals surface area contributed by atoms with E-state index in [2.05, 4.69) is 20.3 Å². The molecule has 1 atom stereocenters. The fourth-order valence-corrected chi connectivity index (χ4v) is 4.15. The maximum Gasteiger partial charge on any atom is 0.356 e. The first-order valence-electron chi connectivity index (χ1n) is 8.29. The standard InChI is InChI=1S/C14H26N7O4P/c1-8(2)24-26(22,25-9(3)4)7-23-10(5)6-21-13-11(19-20-21)12(15)17-14(16)18-13/h8-10H,6-7H2,1-5H3,(H4,15,16,17,18)/t10-/m1/s1. The molecule has 2 heterocycles. The summed E-state index contributed by atoms with van der Waals surface area (Å²) in [6.45, 7) is 9.25. The van der Waals surface area contributed by atoms with Crippen molar-refractivity contribution in [3.05, 3.63) is 0 Å². The van der Waals surface area contributed by atoms with Gasteiger partial charge in [-0.3, -0.25) is 4.57 Å². The topological polar surface area (TPSA) is 153 Å². The Hall–Kier alpha value is -1.81. The summed E-state index contributed by atoms with van der Waals surface area (Å²) in [7, 11) is -3.37. The Labute approximate surface area is 151 Å². The lowest BCUT2D eigenvalue weighted by atomic mass is 10.4. The zero-order valence-electron chi connectivity index (χ0n) is 15.6. The van der Waals surface area contributed by atoms with Gasteiger partial charge in [-0.2, -0.15) is 9.97 Å². The molecule has 0 spiro atoms. The number of nitrogens with two attached hydrogens (primary N) is 2. The summed E-state index contributed by atoms with van der Waals surface area (Å²) < 4.78 is 30.9. The van der Waals surface area contributed by atoms with Crippen LogP contribution in [0.4, 0.5) is 11.8 Å². The zero-order chi connectivity index (χ0) is 19.5. The highest BCUT2D eigenvalue weighted by Gasteiger charge is 2.29. The van der Waals surface area contributed by atoms with Crippen LogP contribution in [-0.4, -0.2) is 49.6 Å². The smallest absolute Gasteiger partial charge is 0.356 e. The van der Waals surface area contributed by atoms with E-state index < -0.39 is 7.60 Å². The molecule has 0 aromatic carbocycles. The lowest BCUT2D eigenvalue weighted by molar-refractivity contribution is 0.0529. The molecule has 0 saturated heterocycles. The highest BCUT2D eigenvalue weighted by molar-refractivity contribution is 7.53. The third-order valence-corrected chi connectivity index (χ3v) is 5.05. The average Bonchev–Trinajstić information content (AvgIpc) is 2.87. The number of hydrogen-bond donors (Lipinski definition) is 2. The molecule has 0 aliphatic carbocycles. The molecule has 0 bridgehead atoms. The van der Waals surface area contributed by atoms with E-state index in [-0.39, 0.29) is 36.4 Å². The Bertz CT molecular complexity index is 781. The van der Waals surface area contributed by atoms with E-state index in [1.807, 2.05) is 0 Å². The maximum atomic E-state index is 12.8. The van der Waals surface area contributed by atoms with Crippen LogP contribution >= 0.6 is 7.60 Å². The van der Waals surface area contributed by atoms with Gasteiger partial charge in [-0.25, -0.2) is 4.68 Å².